The number of anilines is 1. The fraction of sp³-hybridized carbons (Fsp3) is 0.414. The number of aromatic nitrogens is 3. The third-order valence-electron chi connectivity index (χ3n) is 6.27. The first-order chi connectivity index (χ1) is 17.4. The summed E-state index contributed by atoms with van der Waals surface area (Å²) < 4.78 is 8.97. The van der Waals surface area contributed by atoms with E-state index >= 15 is 0 Å². The van der Waals surface area contributed by atoms with E-state index in [1.54, 1.807) is 16.2 Å². The first kappa shape index (κ1) is 25.9. The monoisotopic (exact) mass is 504 g/mol. The number of benzene rings is 2. The molecular formula is C29H36N4O2S. The van der Waals surface area contributed by atoms with E-state index in [1.165, 1.54) is 5.56 Å². The largest absolute Gasteiger partial charge is 0.494 e. The lowest BCUT2D eigenvalue weighted by molar-refractivity contribution is 0.0985. The molecule has 1 amide bonds. The number of hydrogen-bond acceptors (Lipinski definition) is 5. The number of carbonyl (C=O) groups excluding carboxylic acids is 1. The third kappa shape index (κ3) is 5.95. The van der Waals surface area contributed by atoms with E-state index < -0.39 is 0 Å². The van der Waals surface area contributed by atoms with Crippen molar-refractivity contribution in [3.63, 3.8) is 0 Å². The van der Waals surface area contributed by atoms with Gasteiger partial charge in [0.25, 0.3) is 5.91 Å². The van der Waals surface area contributed by atoms with E-state index in [0.717, 1.165) is 46.6 Å². The summed E-state index contributed by atoms with van der Waals surface area (Å²) in [4.78, 5) is 20.7. The van der Waals surface area contributed by atoms with E-state index in [9.17, 15) is 4.79 Å². The van der Waals surface area contributed by atoms with Gasteiger partial charge in [-0.2, -0.15) is 5.10 Å². The lowest BCUT2D eigenvalue weighted by atomic mass is 10.0. The maximum Gasteiger partial charge on any atom is 0.260 e. The zero-order chi connectivity index (χ0) is 25.7. The predicted molar refractivity (Wildman–Crippen MR) is 149 cm³/mol. The van der Waals surface area contributed by atoms with E-state index in [-0.39, 0.29) is 5.91 Å². The molecule has 2 heterocycles. The van der Waals surface area contributed by atoms with E-state index in [1.807, 2.05) is 42.8 Å². The fourth-order valence-electron chi connectivity index (χ4n) is 4.34. The lowest BCUT2D eigenvalue weighted by Crippen LogP contribution is -2.34. The molecule has 0 aliphatic rings. The van der Waals surface area contributed by atoms with Gasteiger partial charge in [0.15, 0.2) is 5.13 Å². The van der Waals surface area contributed by atoms with Gasteiger partial charge >= 0.3 is 0 Å². The Hall–Kier alpha value is -3.19. The standard InChI is InChI=1S/C29H36N4O2S/c1-6-7-8-17-35-24-12-9-11-23(19-24)28(34)32(15-16-33-22(5)18-21(4)31-33)29-30-27-25(20(2)3)13-10-14-26(27)36-29/h9-14,18-20H,6-8,15-17H2,1-5H3. The Kier molecular flexibility index (Phi) is 8.41. The number of para-hydroxylation sites is 1. The van der Waals surface area contributed by atoms with Crippen LogP contribution in [0.15, 0.2) is 48.5 Å². The van der Waals surface area contributed by atoms with Gasteiger partial charge in [-0.05, 0) is 62.1 Å². The van der Waals surface area contributed by atoms with E-state index in [2.05, 4.69) is 50.1 Å². The Labute approximate surface area is 217 Å². The highest BCUT2D eigenvalue weighted by Crippen LogP contribution is 2.34. The summed E-state index contributed by atoms with van der Waals surface area (Å²) in [7, 11) is 0. The number of rotatable bonds is 11. The number of hydrogen-bond donors (Lipinski definition) is 0. The molecule has 4 aromatic rings. The zero-order valence-corrected chi connectivity index (χ0v) is 22.8. The molecule has 4 rings (SSSR count). The maximum absolute atomic E-state index is 13.9. The number of ether oxygens (including phenoxy) is 1. The Bertz CT molecular complexity index is 1320. The van der Waals surface area contributed by atoms with Crippen molar-refractivity contribution in [1.29, 1.82) is 0 Å². The number of aryl methyl sites for hydroxylation is 2. The summed E-state index contributed by atoms with van der Waals surface area (Å²) in [6.45, 7) is 12.3. The van der Waals surface area contributed by atoms with Crippen LogP contribution in [0.25, 0.3) is 10.2 Å². The van der Waals surface area contributed by atoms with Crippen LogP contribution in [0.3, 0.4) is 0 Å². The van der Waals surface area contributed by atoms with Crippen LogP contribution in [0, 0.1) is 13.8 Å². The normalized spacial score (nSPS) is 11.4. The molecule has 0 radical (unpaired) electrons. The molecular weight excluding hydrogens is 468 g/mol. The minimum atomic E-state index is -0.0827. The van der Waals surface area contributed by atoms with E-state index in [0.29, 0.717) is 36.3 Å². The zero-order valence-electron chi connectivity index (χ0n) is 22.0. The lowest BCUT2D eigenvalue weighted by Gasteiger charge is -2.21. The molecule has 2 aromatic carbocycles. The summed E-state index contributed by atoms with van der Waals surface area (Å²) in [6.07, 6.45) is 3.29. The topological polar surface area (TPSA) is 60.2 Å². The minimum Gasteiger partial charge on any atom is -0.494 e. The molecule has 0 saturated carbocycles. The highest BCUT2D eigenvalue weighted by atomic mass is 32.1. The molecule has 0 bridgehead atoms. The molecule has 0 aliphatic carbocycles. The number of fused-ring (bicyclic) bond motifs is 1. The quantitative estimate of drug-likeness (QED) is 0.204. The average molecular weight is 505 g/mol. The van der Waals surface area contributed by atoms with Gasteiger partial charge in [0.2, 0.25) is 0 Å². The van der Waals surface area contributed by atoms with Crippen molar-refractivity contribution < 1.29 is 9.53 Å². The predicted octanol–water partition coefficient (Wildman–Crippen LogP) is 7.15. The van der Waals surface area contributed by atoms with E-state index in [4.69, 9.17) is 9.72 Å². The van der Waals surface area contributed by atoms with Crippen LogP contribution in [0.4, 0.5) is 5.13 Å². The molecule has 0 unspecified atom stereocenters. The second-order valence-electron chi connectivity index (χ2n) is 9.54. The van der Waals surface area contributed by atoms with Crippen molar-refractivity contribution in [1.82, 2.24) is 14.8 Å². The van der Waals surface area contributed by atoms with Crippen LogP contribution in [0.5, 0.6) is 5.75 Å². The van der Waals surface area contributed by atoms with Crippen molar-refractivity contribution in [3.8, 4) is 5.75 Å². The Morgan fingerprint density at radius 2 is 1.92 bits per heavy atom. The SMILES string of the molecule is CCCCCOc1cccc(C(=O)N(CCn2nc(C)cc2C)c2nc3c(C(C)C)cccc3s2)c1. The molecule has 0 aliphatic heterocycles. The Morgan fingerprint density at radius 1 is 1.11 bits per heavy atom. The first-order valence-electron chi connectivity index (χ1n) is 12.8. The van der Waals surface area contributed by atoms with Gasteiger partial charge in [-0.15, -0.1) is 0 Å². The van der Waals surface area contributed by atoms with Gasteiger partial charge in [-0.1, -0.05) is 63.1 Å². The molecule has 36 heavy (non-hydrogen) atoms. The van der Waals surface area contributed by atoms with Crippen LogP contribution in [-0.4, -0.2) is 33.8 Å². The van der Waals surface area contributed by atoms with Crippen molar-refractivity contribution >= 4 is 32.6 Å². The van der Waals surface area contributed by atoms with Gasteiger partial charge in [0.05, 0.1) is 29.1 Å². The molecule has 0 saturated heterocycles. The van der Waals surface area contributed by atoms with Gasteiger partial charge < -0.3 is 4.74 Å². The smallest absolute Gasteiger partial charge is 0.260 e. The second-order valence-corrected chi connectivity index (χ2v) is 10.5. The third-order valence-corrected chi connectivity index (χ3v) is 7.32. The molecule has 6 nitrogen and oxygen atoms in total. The minimum absolute atomic E-state index is 0.0827. The average Bonchev–Trinajstić information content (AvgIpc) is 3.43. The number of carbonyl (C=O) groups is 1. The van der Waals surface area contributed by atoms with Gasteiger partial charge in [0, 0.05) is 17.8 Å². The van der Waals surface area contributed by atoms with Gasteiger partial charge in [-0.3, -0.25) is 14.4 Å². The summed E-state index contributed by atoms with van der Waals surface area (Å²) >= 11 is 1.56. The van der Waals surface area contributed by atoms with Gasteiger partial charge in [-0.25, -0.2) is 4.98 Å². The molecule has 7 heteroatoms. The maximum atomic E-state index is 13.9. The van der Waals surface area contributed by atoms with Crippen LogP contribution < -0.4 is 9.64 Å². The van der Waals surface area contributed by atoms with Crippen LogP contribution in [-0.2, 0) is 6.54 Å². The molecule has 0 spiro atoms. The van der Waals surface area contributed by atoms with Crippen LogP contribution in [0.2, 0.25) is 0 Å². The summed E-state index contributed by atoms with van der Waals surface area (Å²) in [5, 5.41) is 5.30. The summed E-state index contributed by atoms with van der Waals surface area (Å²) in [6, 6.07) is 15.8. The van der Waals surface area contributed by atoms with Crippen molar-refractivity contribution in [2.75, 3.05) is 18.1 Å². The molecule has 0 atom stereocenters. The molecule has 2 aromatic heterocycles. The van der Waals surface area contributed by atoms with Crippen LogP contribution in [0.1, 0.15) is 73.3 Å². The highest BCUT2D eigenvalue weighted by molar-refractivity contribution is 7.22. The number of nitrogens with zero attached hydrogens (tertiary/aromatic N) is 4. The molecule has 0 fully saturated rings. The van der Waals surface area contributed by atoms with Crippen molar-refractivity contribution in [2.45, 2.75) is 66.3 Å². The Balaban J connectivity index is 1.65. The number of amides is 1. The Morgan fingerprint density at radius 3 is 2.64 bits per heavy atom. The fourth-order valence-corrected chi connectivity index (χ4v) is 5.36. The van der Waals surface area contributed by atoms with Crippen molar-refractivity contribution in [2.24, 2.45) is 0 Å². The number of unbranched alkanes of at least 4 members (excludes halogenated alkanes) is 2. The molecule has 0 N–H and O–H groups in total. The second kappa shape index (κ2) is 11.7. The van der Waals surface area contributed by atoms with Crippen molar-refractivity contribution in [3.05, 3.63) is 71.0 Å². The first-order valence-corrected chi connectivity index (χ1v) is 13.6. The highest BCUT2D eigenvalue weighted by Gasteiger charge is 2.23. The van der Waals surface area contributed by atoms with Crippen LogP contribution >= 0.6 is 11.3 Å². The molecule has 190 valence electrons. The number of thiazole rings is 1. The van der Waals surface area contributed by atoms with Gasteiger partial charge in [0.1, 0.15) is 5.75 Å². The summed E-state index contributed by atoms with van der Waals surface area (Å²) in [5.41, 5.74) is 4.82. The summed E-state index contributed by atoms with van der Waals surface area (Å²) in [5.74, 6) is 0.992.